The molecule has 1 fully saturated rings. The van der Waals surface area contributed by atoms with Crippen LogP contribution < -0.4 is 4.74 Å². The minimum Gasteiger partial charge on any atom is -0.493 e. The Bertz CT molecular complexity index is 864. The van der Waals surface area contributed by atoms with Gasteiger partial charge in [0, 0.05) is 0 Å². The fourth-order valence-corrected chi connectivity index (χ4v) is 4.34. The van der Waals surface area contributed by atoms with Crippen LogP contribution in [-0.2, 0) is 16.0 Å². The summed E-state index contributed by atoms with van der Waals surface area (Å²) in [5.41, 5.74) is 7.16. The highest BCUT2D eigenvalue weighted by atomic mass is 16.5. The molecular weight excluding hydrogens is 336 g/mol. The van der Waals surface area contributed by atoms with E-state index in [4.69, 9.17) is 9.47 Å². The zero-order valence-corrected chi connectivity index (χ0v) is 16.5. The second kappa shape index (κ2) is 7.38. The lowest BCUT2D eigenvalue weighted by atomic mass is 9.81. The third-order valence-electron chi connectivity index (χ3n) is 5.97. The van der Waals surface area contributed by atoms with Gasteiger partial charge in [0.1, 0.15) is 5.75 Å². The van der Waals surface area contributed by atoms with Gasteiger partial charge in [-0.2, -0.15) is 0 Å². The smallest absolute Gasteiger partial charge is 0.313 e. The molecule has 142 valence electrons. The van der Waals surface area contributed by atoms with Gasteiger partial charge in [-0.25, -0.2) is 0 Å². The number of benzene rings is 2. The molecule has 3 nitrogen and oxygen atoms in total. The van der Waals surface area contributed by atoms with E-state index in [9.17, 15) is 4.79 Å². The van der Waals surface area contributed by atoms with Crippen LogP contribution in [-0.4, -0.2) is 19.7 Å². The highest BCUT2D eigenvalue weighted by Gasteiger charge is 2.34. The van der Waals surface area contributed by atoms with Crippen molar-refractivity contribution >= 4 is 5.97 Å². The van der Waals surface area contributed by atoms with Crippen molar-refractivity contribution in [1.82, 2.24) is 0 Å². The molecule has 0 bridgehead atoms. The van der Waals surface area contributed by atoms with E-state index < -0.39 is 0 Å². The number of rotatable bonds is 5. The van der Waals surface area contributed by atoms with Crippen molar-refractivity contribution in [3.05, 3.63) is 52.6 Å². The summed E-state index contributed by atoms with van der Waals surface area (Å²) < 4.78 is 11.0. The quantitative estimate of drug-likeness (QED) is 0.671. The van der Waals surface area contributed by atoms with E-state index in [-0.39, 0.29) is 11.9 Å². The number of carbonyl (C=O) groups is 1. The van der Waals surface area contributed by atoms with Crippen molar-refractivity contribution in [2.24, 2.45) is 5.92 Å². The number of carbonyl (C=O) groups excluding carboxylic acids is 1. The molecule has 0 amide bonds. The monoisotopic (exact) mass is 364 g/mol. The summed E-state index contributed by atoms with van der Waals surface area (Å²) in [7, 11) is 1.50. The number of aryl methyl sites for hydroxylation is 3. The van der Waals surface area contributed by atoms with Crippen molar-refractivity contribution in [2.75, 3.05) is 13.7 Å². The first-order valence-electron chi connectivity index (χ1n) is 10.0. The molecular formula is C24H28O3. The van der Waals surface area contributed by atoms with Crippen LogP contribution in [0.25, 0.3) is 11.1 Å². The number of ether oxygens (including phenoxy) is 2. The van der Waals surface area contributed by atoms with Crippen molar-refractivity contribution < 1.29 is 14.3 Å². The van der Waals surface area contributed by atoms with Gasteiger partial charge >= 0.3 is 5.97 Å². The Hall–Kier alpha value is -2.29. The first-order valence-corrected chi connectivity index (χ1v) is 10.0. The standard InChI is InChI=1S/C24H28O3/c1-15-6-7-16(2)23(20(24(25)26-3)13-17-8-9-17)22(15)19-10-11-21-18(14-19)5-4-12-27-21/h6-7,10-11,14,17,20H,4-5,8-9,12-13H2,1-3H3. The summed E-state index contributed by atoms with van der Waals surface area (Å²) in [6.45, 7) is 5.05. The Labute approximate surface area is 161 Å². The predicted octanol–water partition coefficient (Wildman–Crippen LogP) is 5.35. The van der Waals surface area contributed by atoms with Crippen molar-refractivity contribution in [3.8, 4) is 16.9 Å². The number of hydrogen-bond acceptors (Lipinski definition) is 3. The van der Waals surface area contributed by atoms with Crippen LogP contribution in [0.5, 0.6) is 5.75 Å². The molecule has 4 rings (SSSR count). The van der Waals surface area contributed by atoms with Crippen molar-refractivity contribution in [2.45, 2.75) is 51.9 Å². The van der Waals surface area contributed by atoms with Crippen LogP contribution >= 0.6 is 0 Å². The van der Waals surface area contributed by atoms with Crippen LogP contribution in [0.3, 0.4) is 0 Å². The molecule has 1 aliphatic carbocycles. The zero-order chi connectivity index (χ0) is 19.0. The van der Waals surface area contributed by atoms with Gasteiger partial charge in [-0.3, -0.25) is 4.79 Å². The Morgan fingerprint density at radius 2 is 1.96 bits per heavy atom. The van der Waals surface area contributed by atoms with Crippen LogP contribution in [0.2, 0.25) is 0 Å². The molecule has 1 heterocycles. The SMILES string of the molecule is COC(=O)C(CC1CC1)c1c(C)ccc(C)c1-c1ccc2c(c1)CCCO2. The summed E-state index contributed by atoms with van der Waals surface area (Å²) in [4.78, 5) is 12.7. The summed E-state index contributed by atoms with van der Waals surface area (Å²) >= 11 is 0. The van der Waals surface area contributed by atoms with Crippen LogP contribution in [0, 0.1) is 19.8 Å². The fraction of sp³-hybridized carbons (Fsp3) is 0.458. The van der Waals surface area contributed by atoms with Crippen molar-refractivity contribution in [1.29, 1.82) is 0 Å². The normalized spacial score (nSPS) is 17.0. The molecule has 1 unspecified atom stereocenters. The van der Waals surface area contributed by atoms with Gasteiger partial charge in [0.15, 0.2) is 0 Å². The molecule has 1 aliphatic heterocycles. The van der Waals surface area contributed by atoms with Gasteiger partial charge in [0.25, 0.3) is 0 Å². The van der Waals surface area contributed by atoms with Gasteiger partial charge in [-0.1, -0.05) is 31.0 Å². The number of esters is 1. The second-order valence-electron chi connectivity index (χ2n) is 8.02. The van der Waals surface area contributed by atoms with E-state index in [1.54, 1.807) is 0 Å². The van der Waals surface area contributed by atoms with E-state index in [1.165, 1.54) is 47.8 Å². The molecule has 3 heteroatoms. The average molecular weight is 364 g/mol. The summed E-state index contributed by atoms with van der Waals surface area (Å²) in [6.07, 6.45) is 5.44. The maximum absolute atomic E-state index is 12.7. The topological polar surface area (TPSA) is 35.5 Å². The maximum Gasteiger partial charge on any atom is 0.313 e. The number of fused-ring (bicyclic) bond motifs is 1. The van der Waals surface area contributed by atoms with E-state index in [1.807, 2.05) is 0 Å². The van der Waals surface area contributed by atoms with Crippen LogP contribution in [0.1, 0.15) is 53.9 Å². The third kappa shape index (κ3) is 3.60. The average Bonchev–Trinajstić information content (AvgIpc) is 3.51. The Balaban J connectivity index is 1.85. The molecule has 2 aromatic rings. The lowest BCUT2D eigenvalue weighted by Crippen LogP contribution is -2.18. The Kier molecular flexibility index (Phi) is 4.94. The van der Waals surface area contributed by atoms with E-state index >= 15 is 0 Å². The Morgan fingerprint density at radius 3 is 2.70 bits per heavy atom. The van der Waals surface area contributed by atoms with Crippen LogP contribution in [0.15, 0.2) is 30.3 Å². The number of methoxy groups -OCH3 is 1. The molecule has 27 heavy (non-hydrogen) atoms. The third-order valence-corrected chi connectivity index (χ3v) is 5.97. The fourth-order valence-electron chi connectivity index (χ4n) is 4.34. The van der Waals surface area contributed by atoms with Crippen molar-refractivity contribution in [3.63, 3.8) is 0 Å². The maximum atomic E-state index is 12.7. The Morgan fingerprint density at radius 1 is 1.19 bits per heavy atom. The number of hydrogen-bond donors (Lipinski definition) is 0. The molecule has 0 radical (unpaired) electrons. The van der Waals surface area contributed by atoms with E-state index in [2.05, 4.69) is 44.2 Å². The lowest BCUT2D eigenvalue weighted by molar-refractivity contribution is -0.142. The molecule has 0 saturated heterocycles. The van der Waals surface area contributed by atoms with Crippen LogP contribution in [0.4, 0.5) is 0 Å². The molecule has 1 saturated carbocycles. The largest absolute Gasteiger partial charge is 0.493 e. The second-order valence-corrected chi connectivity index (χ2v) is 8.02. The predicted molar refractivity (Wildman–Crippen MR) is 107 cm³/mol. The highest BCUT2D eigenvalue weighted by Crippen LogP contribution is 2.44. The first kappa shape index (κ1) is 18.1. The van der Waals surface area contributed by atoms with Gasteiger partial charge in [-0.15, -0.1) is 0 Å². The van der Waals surface area contributed by atoms with Gasteiger partial charge in [0.05, 0.1) is 19.6 Å². The summed E-state index contributed by atoms with van der Waals surface area (Å²) in [6, 6.07) is 10.8. The van der Waals surface area contributed by atoms with Gasteiger partial charge < -0.3 is 9.47 Å². The lowest BCUT2D eigenvalue weighted by Gasteiger charge is -2.24. The van der Waals surface area contributed by atoms with E-state index in [0.29, 0.717) is 5.92 Å². The molecule has 1 atom stereocenters. The zero-order valence-electron chi connectivity index (χ0n) is 16.5. The molecule has 0 N–H and O–H groups in total. The van der Waals surface area contributed by atoms with Gasteiger partial charge in [0.2, 0.25) is 0 Å². The van der Waals surface area contributed by atoms with E-state index in [0.717, 1.165) is 37.2 Å². The first-order chi connectivity index (χ1) is 13.1. The highest BCUT2D eigenvalue weighted by molar-refractivity contribution is 5.85. The minimum atomic E-state index is -0.190. The molecule has 0 spiro atoms. The summed E-state index contributed by atoms with van der Waals surface area (Å²) in [5, 5.41) is 0. The molecule has 2 aliphatic rings. The minimum absolute atomic E-state index is 0.113. The van der Waals surface area contributed by atoms with Gasteiger partial charge in [-0.05, 0) is 84.5 Å². The molecule has 0 aromatic heterocycles. The summed E-state index contributed by atoms with van der Waals surface area (Å²) in [5.74, 6) is 1.35. The molecule has 2 aromatic carbocycles.